The molecule has 64 heavy (non-hydrogen) atoms. The van der Waals surface area contributed by atoms with E-state index in [0.717, 1.165) is 36.4 Å². The van der Waals surface area contributed by atoms with Gasteiger partial charge < -0.3 is 31.9 Å². The number of anilines is 8. The van der Waals surface area contributed by atoms with Gasteiger partial charge in [0.25, 0.3) is 60.7 Å². The van der Waals surface area contributed by atoms with Crippen LogP contribution >= 0.6 is 0 Å². The summed E-state index contributed by atoms with van der Waals surface area (Å²) in [6, 6.07) is 6.59. The summed E-state index contributed by atoms with van der Waals surface area (Å²) in [7, 11) is -27.8. The van der Waals surface area contributed by atoms with E-state index in [4.69, 9.17) is 18.2 Å². The van der Waals surface area contributed by atoms with E-state index in [1.807, 2.05) is 0 Å². The Morgan fingerprint density at radius 1 is 0.391 bits per heavy atom. The second kappa shape index (κ2) is 20.5. The zero-order chi connectivity index (χ0) is 47.7. The van der Waals surface area contributed by atoms with E-state index in [1.54, 1.807) is 0 Å². The highest BCUT2D eigenvalue weighted by molar-refractivity contribution is 7.87. The van der Waals surface area contributed by atoms with Crippen molar-refractivity contribution in [3.63, 3.8) is 0 Å². The SMILES string of the molecule is O=S(=O)(O)CCNc1nc(NCCS(=O)(=O)O)nc(Nc2ccc(/C=C/c3ccc(Nc4nc(NCCS(=O)(=O)O)nc(NCCS(=O)(=O)O)n4)cc3S(=O)(=O)O)c(S(=O)(=O)O)c2)n1. The van der Waals surface area contributed by atoms with Gasteiger partial charge >= 0.3 is 0 Å². The third kappa shape index (κ3) is 18.3. The van der Waals surface area contributed by atoms with Crippen LogP contribution in [0.4, 0.5) is 47.1 Å². The fraction of sp³-hybridized carbons (Fsp3) is 0.286. The molecule has 0 aliphatic heterocycles. The molecule has 0 aliphatic carbocycles. The minimum absolute atomic E-state index is 0.107. The molecular formula is C28H36N12O18S6. The van der Waals surface area contributed by atoms with Crippen LogP contribution in [0.25, 0.3) is 12.2 Å². The molecule has 0 fully saturated rings. The summed E-state index contributed by atoms with van der Waals surface area (Å²) in [5.74, 6) is -5.10. The fourth-order valence-electron chi connectivity index (χ4n) is 4.73. The molecule has 12 N–H and O–H groups in total. The second-order valence-electron chi connectivity index (χ2n) is 12.5. The van der Waals surface area contributed by atoms with Crippen molar-refractivity contribution in [3.05, 3.63) is 47.5 Å². The number of nitrogens with one attached hydrogen (secondary N) is 6. The van der Waals surface area contributed by atoms with Crippen LogP contribution in [0.15, 0.2) is 46.2 Å². The molecule has 2 aromatic carbocycles. The van der Waals surface area contributed by atoms with E-state index in [9.17, 15) is 59.6 Å². The van der Waals surface area contributed by atoms with E-state index in [1.165, 1.54) is 12.1 Å². The van der Waals surface area contributed by atoms with Gasteiger partial charge in [0.1, 0.15) is 9.79 Å². The maximum Gasteiger partial charge on any atom is 0.295 e. The first-order valence-corrected chi connectivity index (χ1v) is 26.5. The van der Waals surface area contributed by atoms with Crippen LogP contribution < -0.4 is 31.9 Å². The Bertz CT molecular complexity index is 2770. The van der Waals surface area contributed by atoms with Crippen molar-refractivity contribution >= 4 is 120 Å². The lowest BCUT2D eigenvalue weighted by molar-refractivity contribution is 0.480. The molecule has 0 saturated carbocycles. The summed E-state index contributed by atoms with van der Waals surface area (Å²) in [6.07, 6.45) is 2.12. The molecule has 4 aromatic rings. The molecule has 352 valence electrons. The van der Waals surface area contributed by atoms with E-state index < -0.39 is 120 Å². The zero-order valence-corrected chi connectivity index (χ0v) is 36.9. The summed E-state index contributed by atoms with van der Waals surface area (Å²) in [4.78, 5) is 22.3. The van der Waals surface area contributed by atoms with Crippen molar-refractivity contribution in [2.75, 3.05) is 81.1 Å². The minimum Gasteiger partial charge on any atom is -0.353 e. The van der Waals surface area contributed by atoms with Crippen LogP contribution in [-0.2, 0) is 60.7 Å². The second-order valence-corrected chi connectivity index (χ2v) is 21.6. The molecule has 0 unspecified atom stereocenters. The van der Waals surface area contributed by atoms with E-state index in [0.29, 0.717) is 0 Å². The first-order chi connectivity index (χ1) is 29.4. The van der Waals surface area contributed by atoms with Crippen LogP contribution in [0.2, 0.25) is 0 Å². The number of aromatic nitrogens is 6. The van der Waals surface area contributed by atoms with Crippen molar-refractivity contribution in [1.29, 1.82) is 0 Å². The normalized spacial score (nSPS) is 12.8. The average molecular weight is 1020 g/mol. The van der Waals surface area contributed by atoms with Gasteiger partial charge in [0.2, 0.25) is 35.7 Å². The Labute approximate surface area is 364 Å². The van der Waals surface area contributed by atoms with Crippen molar-refractivity contribution in [2.24, 2.45) is 0 Å². The molecule has 0 radical (unpaired) electrons. The Morgan fingerprint density at radius 3 is 0.875 bits per heavy atom. The van der Waals surface area contributed by atoms with Gasteiger partial charge in [0.15, 0.2) is 0 Å². The van der Waals surface area contributed by atoms with Gasteiger partial charge in [0.05, 0.1) is 23.0 Å². The maximum absolute atomic E-state index is 12.5. The molecule has 0 amide bonds. The monoisotopic (exact) mass is 1020 g/mol. The molecule has 2 aromatic heterocycles. The highest BCUT2D eigenvalue weighted by atomic mass is 32.2. The first kappa shape index (κ1) is 51.1. The third-order valence-electron chi connectivity index (χ3n) is 7.38. The van der Waals surface area contributed by atoms with Gasteiger partial charge in [-0.05, 0) is 35.4 Å². The highest BCUT2D eigenvalue weighted by Gasteiger charge is 2.20. The molecule has 2 heterocycles. The topological polar surface area (TPSA) is 476 Å². The van der Waals surface area contributed by atoms with Gasteiger partial charge in [-0.2, -0.15) is 80.4 Å². The average Bonchev–Trinajstić information content (AvgIpc) is 3.11. The molecule has 4 rings (SSSR count). The molecule has 36 heteroatoms. The van der Waals surface area contributed by atoms with Crippen molar-refractivity contribution in [1.82, 2.24) is 29.9 Å². The predicted molar refractivity (Wildman–Crippen MR) is 227 cm³/mol. The van der Waals surface area contributed by atoms with Crippen LogP contribution in [-0.4, -0.2) is 157 Å². The summed E-state index contributed by atoms with van der Waals surface area (Å²) in [5.41, 5.74) is -0.685. The van der Waals surface area contributed by atoms with E-state index in [-0.39, 0.29) is 58.2 Å². The summed E-state index contributed by atoms with van der Waals surface area (Å²) >= 11 is 0. The number of rotatable bonds is 24. The summed E-state index contributed by atoms with van der Waals surface area (Å²) in [6.45, 7) is -1.65. The van der Waals surface area contributed by atoms with Crippen LogP contribution in [0.1, 0.15) is 11.1 Å². The quantitative estimate of drug-likeness (QED) is 0.0308. The Balaban J connectivity index is 1.64. The number of nitrogens with zero attached hydrogens (tertiary/aromatic N) is 6. The minimum atomic E-state index is -5.06. The van der Waals surface area contributed by atoms with Crippen molar-refractivity contribution in [2.45, 2.75) is 9.79 Å². The zero-order valence-electron chi connectivity index (χ0n) is 32.0. The van der Waals surface area contributed by atoms with Gasteiger partial charge in [0, 0.05) is 37.6 Å². The molecule has 0 spiro atoms. The summed E-state index contributed by atoms with van der Waals surface area (Å²) < 4.78 is 196. The third-order valence-corrected chi connectivity index (χ3v) is 12.1. The van der Waals surface area contributed by atoms with Gasteiger partial charge in [-0.1, -0.05) is 24.3 Å². The van der Waals surface area contributed by atoms with Crippen molar-refractivity contribution in [3.8, 4) is 0 Å². The molecule has 0 saturated heterocycles. The van der Waals surface area contributed by atoms with E-state index >= 15 is 0 Å². The van der Waals surface area contributed by atoms with Crippen LogP contribution in [0.3, 0.4) is 0 Å². The molecule has 30 nitrogen and oxygen atoms in total. The molecular weight excluding hydrogens is 985 g/mol. The van der Waals surface area contributed by atoms with Crippen LogP contribution in [0.5, 0.6) is 0 Å². The van der Waals surface area contributed by atoms with Gasteiger partial charge in [-0.25, -0.2) is 0 Å². The lowest BCUT2D eigenvalue weighted by atomic mass is 10.1. The van der Waals surface area contributed by atoms with Crippen molar-refractivity contribution < 1.29 is 77.8 Å². The molecule has 0 aliphatic rings. The standard InChI is InChI=1S/C28H36N12O18S6/c41-59(42,43)11-7-29-23-35-24(30-8-12-60(44,45)46)38-27(37-23)33-19-5-3-17(21(15-19)63(53,54)55)1-2-18-4-6-20(16-22(18)64(56,57)58)34-28-39-25(31-9-13-61(47,48)49)36-26(40-28)32-10-14-62(50,51)52/h1-6,15-16H,7-14H2,(H,41,42,43)(H,44,45,46)(H,47,48,49)(H,50,51,52)(H,53,54,55)(H,56,57,58)(H3,29,30,33,35,37,38)(H3,31,32,34,36,39,40)/b2-1+. The highest BCUT2D eigenvalue weighted by Crippen LogP contribution is 2.28. The summed E-state index contributed by atoms with van der Waals surface area (Å²) in [5, 5.41) is 15.2. The lowest BCUT2D eigenvalue weighted by Gasteiger charge is -2.13. The fourth-order valence-corrected chi connectivity index (χ4v) is 7.59. The van der Waals surface area contributed by atoms with Crippen LogP contribution in [0, 0.1) is 0 Å². The lowest BCUT2D eigenvalue weighted by Crippen LogP contribution is -2.19. The first-order valence-electron chi connectivity index (χ1n) is 17.1. The van der Waals surface area contributed by atoms with E-state index in [2.05, 4.69) is 61.8 Å². The Morgan fingerprint density at radius 2 is 0.641 bits per heavy atom. The number of hydrogen-bond donors (Lipinski definition) is 12. The van der Waals surface area contributed by atoms with Gasteiger partial charge in [-0.15, -0.1) is 0 Å². The molecule has 0 atom stereocenters. The number of benzene rings is 2. The molecule has 0 bridgehead atoms. The smallest absolute Gasteiger partial charge is 0.295 e. The van der Waals surface area contributed by atoms with Gasteiger partial charge in [-0.3, -0.25) is 27.3 Å². The Kier molecular flexibility index (Phi) is 16.4. The number of hydrogen-bond acceptors (Lipinski definition) is 24. The Hall–Kier alpha value is -5.54. The largest absolute Gasteiger partial charge is 0.353 e. The maximum atomic E-state index is 12.5. The predicted octanol–water partition coefficient (Wildman–Crippen LogP) is -0.594.